The maximum atomic E-state index is 12.2. The molecule has 1 fully saturated rings. The summed E-state index contributed by atoms with van der Waals surface area (Å²) in [7, 11) is 0. The average Bonchev–Trinajstić information content (AvgIpc) is 3.13. The Morgan fingerprint density at radius 2 is 1.88 bits per heavy atom. The summed E-state index contributed by atoms with van der Waals surface area (Å²) in [5.74, 6) is 0.0971. The van der Waals surface area contributed by atoms with Gasteiger partial charge in [-0.1, -0.05) is 24.3 Å². The van der Waals surface area contributed by atoms with Crippen molar-refractivity contribution in [3.8, 4) is 0 Å². The van der Waals surface area contributed by atoms with Crippen LogP contribution in [0.2, 0.25) is 0 Å². The van der Waals surface area contributed by atoms with E-state index in [1.165, 1.54) is 0 Å². The lowest BCUT2D eigenvalue weighted by Crippen LogP contribution is -2.30. The third-order valence-corrected chi connectivity index (χ3v) is 3.62. The zero-order chi connectivity index (χ0) is 11.1. The van der Waals surface area contributed by atoms with E-state index >= 15 is 0 Å². The van der Waals surface area contributed by atoms with E-state index in [2.05, 4.69) is 0 Å². The highest BCUT2D eigenvalue weighted by Crippen LogP contribution is 2.36. The fourth-order valence-corrected chi connectivity index (χ4v) is 2.52. The predicted octanol–water partition coefficient (Wildman–Crippen LogP) is 2.41. The van der Waals surface area contributed by atoms with Crippen molar-refractivity contribution in [3.63, 3.8) is 0 Å². The van der Waals surface area contributed by atoms with E-state index in [4.69, 9.17) is 0 Å². The largest absolute Gasteiger partial charge is 0.299 e. The zero-order valence-electron chi connectivity index (χ0n) is 9.11. The number of carbonyl (C=O) groups is 2. The number of rotatable bonds is 2. The molecule has 0 amide bonds. The van der Waals surface area contributed by atoms with E-state index in [1.54, 1.807) is 0 Å². The minimum Gasteiger partial charge on any atom is -0.299 e. The van der Waals surface area contributed by atoms with Crippen molar-refractivity contribution < 1.29 is 9.59 Å². The van der Waals surface area contributed by atoms with Gasteiger partial charge in [0, 0.05) is 11.5 Å². The van der Waals surface area contributed by atoms with Gasteiger partial charge in [-0.15, -0.1) is 0 Å². The Morgan fingerprint density at radius 1 is 1.12 bits per heavy atom. The summed E-state index contributed by atoms with van der Waals surface area (Å²) in [4.78, 5) is 24.1. The molecule has 0 aliphatic heterocycles. The molecule has 1 atom stereocenters. The van der Waals surface area contributed by atoms with Crippen LogP contribution in [0.25, 0.3) is 0 Å². The van der Waals surface area contributed by atoms with Crippen LogP contribution in [0, 0.1) is 11.8 Å². The molecule has 2 aliphatic rings. The van der Waals surface area contributed by atoms with Crippen molar-refractivity contribution in [2.75, 3.05) is 0 Å². The molecule has 0 radical (unpaired) electrons. The molecule has 0 saturated heterocycles. The van der Waals surface area contributed by atoms with E-state index < -0.39 is 0 Å². The van der Waals surface area contributed by atoms with Gasteiger partial charge in [0.1, 0.15) is 5.78 Å². The summed E-state index contributed by atoms with van der Waals surface area (Å²) in [6, 6.07) is 7.67. The lowest BCUT2D eigenvalue weighted by Gasteiger charge is -2.22. The van der Waals surface area contributed by atoms with Gasteiger partial charge < -0.3 is 0 Å². The molecule has 0 bridgehead atoms. The van der Waals surface area contributed by atoms with Crippen molar-refractivity contribution in [2.45, 2.75) is 25.7 Å². The number of Topliss-reactive ketones (excluding diaryl/α,β-unsaturated/α-hetero) is 2. The van der Waals surface area contributed by atoms with Crippen LogP contribution in [0.1, 0.15) is 35.2 Å². The normalized spacial score (nSPS) is 24.0. The molecular weight excluding hydrogens is 200 g/mol. The first-order valence-electron chi connectivity index (χ1n) is 5.93. The van der Waals surface area contributed by atoms with E-state index in [0.29, 0.717) is 6.42 Å². The molecule has 1 saturated carbocycles. The highest BCUT2D eigenvalue weighted by atomic mass is 16.2. The van der Waals surface area contributed by atoms with Crippen LogP contribution in [-0.2, 0) is 11.2 Å². The number of fused-ring (bicyclic) bond motifs is 1. The highest BCUT2D eigenvalue weighted by Gasteiger charge is 2.40. The fraction of sp³-hybridized carbons (Fsp3) is 0.429. The number of hydrogen-bond donors (Lipinski definition) is 0. The first kappa shape index (κ1) is 9.76. The lowest BCUT2D eigenvalue weighted by atomic mass is 9.79. The van der Waals surface area contributed by atoms with Gasteiger partial charge in [0.25, 0.3) is 0 Å². The SMILES string of the molecule is O=C1c2ccccc2CCC1C(=O)C1CC1. The number of benzene rings is 1. The van der Waals surface area contributed by atoms with Crippen molar-refractivity contribution in [2.24, 2.45) is 11.8 Å². The molecule has 0 N–H and O–H groups in total. The smallest absolute Gasteiger partial charge is 0.173 e. The standard InChI is InChI=1S/C14H14O2/c15-13(10-5-6-10)12-8-7-9-3-1-2-4-11(9)14(12)16/h1-4,10,12H,5-8H2. The van der Waals surface area contributed by atoms with Gasteiger partial charge in [-0.3, -0.25) is 9.59 Å². The molecule has 0 spiro atoms. The lowest BCUT2D eigenvalue weighted by molar-refractivity contribution is -0.122. The number of ketones is 2. The van der Waals surface area contributed by atoms with Gasteiger partial charge >= 0.3 is 0 Å². The van der Waals surface area contributed by atoms with Crippen LogP contribution >= 0.6 is 0 Å². The van der Waals surface area contributed by atoms with Gasteiger partial charge in [0.05, 0.1) is 5.92 Å². The summed E-state index contributed by atoms with van der Waals surface area (Å²) in [5, 5.41) is 0. The third-order valence-electron chi connectivity index (χ3n) is 3.62. The minimum atomic E-state index is -0.345. The molecular formula is C14H14O2. The van der Waals surface area contributed by atoms with E-state index in [0.717, 1.165) is 30.4 Å². The Bertz CT molecular complexity index is 458. The van der Waals surface area contributed by atoms with E-state index in [-0.39, 0.29) is 23.4 Å². The highest BCUT2D eigenvalue weighted by molar-refractivity contribution is 6.13. The fourth-order valence-electron chi connectivity index (χ4n) is 2.52. The summed E-state index contributed by atoms with van der Waals surface area (Å²) >= 11 is 0. The van der Waals surface area contributed by atoms with E-state index in [1.807, 2.05) is 24.3 Å². The second kappa shape index (κ2) is 3.55. The number of aryl methyl sites for hydroxylation is 1. The van der Waals surface area contributed by atoms with Crippen LogP contribution in [0.3, 0.4) is 0 Å². The summed E-state index contributed by atoms with van der Waals surface area (Å²) in [6.45, 7) is 0. The second-order valence-corrected chi connectivity index (χ2v) is 4.79. The maximum Gasteiger partial charge on any atom is 0.173 e. The summed E-state index contributed by atoms with van der Waals surface area (Å²) < 4.78 is 0. The van der Waals surface area contributed by atoms with Crippen molar-refractivity contribution in [1.82, 2.24) is 0 Å². The molecule has 1 aromatic rings. The monoisotopic (exact) mass is 214 g/mol. The summed E-state index contributed by atoms with van der Waals surface area (Å²) in [5.41, 5.74) is 1.88. The molecule has 82 valence electrons. The van der Waals surface area contributed by atoms with Gasteiger partial charge in [0.15, 0.2) is 5.78 Å². The molecule has 3 rings (SSSR count). The zero-order valence-corrected chi connectivity index (χ0v) is 9.11. The summed E-state index contributed by atoms with van der Waals surface area (Å²) in [6.07, 6.45) is 3.56. The van der Waals surface area contributed by atoms with E-state index in [9.17, 15) is 9.59 Å². The molecule has 2 nitrogen and oxygen atoms in total. The van der Waals surface area contributed by atoms with Crippen molar-refractivity contribution in [3.05, 3.63) is 35.4 Å². The Kier molecular flexibility index (Phi) is 2.16. The quantitative estimate of drug-likeness (QED) is 0.708. The maximum absolute atomic E-state index is 12.2. The molecule has 1 unspecified atom stereocenters. The first-order valence-corrected chi connectivity index (χ1v) is 5.93. The van der Waals surface area contributed by atoms with Gasteiger partial charge in [-0.05, 0) is 31.2 Å². The van der Waals surface area contributed by atoms with Crippen molar-refractivity contribution >= 4 is 11.6 Å². The second-order valence-electron chi connectivity index (χ2n) is 4.79. The molecule has 2 aliphatic carbocycles. The van der Waals surface area contributed by atoms with Crippen LogP contribution in [0.4, 0.5) is 0 Å². The van der Waals surface area contributed by atoms with Crippen LogP contribution in [0.5, 0.6) is 0 Å². The van der Waals surface area contributed by atoms with Crippen LogP contribution < -0.4 is 0 Å². The molecule has 16 heavy (non-hydrogen) atoms. The van der Waals surface area contributed by atoms with Crippen molar-refractivity contribution in [1.29, 1.82) is 0 Å². The van der Waals surface area contributed by atoms with Crippen LogP contribution in [-0.4, -0.2) is 11.6 Å². The first-order chi connectivity index (χ1) is 7.77. The third kappa shape index (κ3) is 1.49. The Morgan fingerprint density at radius 3 is 2.62 bits per heavy atom. The average molecular weight is 214 g/mol. The number of hydrogen-bond acceptors (Lipinski definition) is 2. The van der Waals surface area contributed by atoms with Gasteiger partial charge in [-0.2, -0.15) is 0 Å². The Balaban J connectivity index is 1.91. The topological polar surface area (TPSA) is 34.1 Å². The van der Waals surface area contributed by atoms with Gasteiger partial charge in [0.2, 0.25) is 0 Å². The minimum absolute atomic E-state index is 0.0544. The van der Waals surface area contributed by atoms with Crippen LogP contribution in [0.15, 0.2) is 24.3 Å². The molecule has 1 aromatic carbocycles. The Hall–Kier alpha value is -1.44. The molecule has 2 heteroatoms. The molecule has 0 aromatic heterocycles. The van der Waals surface area contributed by atoms with Gasteiger partial charge in [-0.25, -0.2) is 0 Å². The number of carbonyl (C=O) groups excluding carboxylic acids is 2. The predicted molar refractivity (Wildman–Crippen MR) is 60.3 cm³/mol. The molecule has 0 heterocycles. The Labute approximate surface area is 94.7 Å².